The number of amides is 3. The van der Waals surface area contributed by atoms with Crippen molar-refractivity contribution in [2.24, 2.45) is 5.73 Å². The molecule has 7 nitrogen and oxygen atoms in total. The lowest BCUT2D eigenvalue weighted by molar-refractivity contribution is -0.139. The van der Waals surface area contributed by atoms with Gasteiger partial charge in [0.25, 0.3) is 0 Å². The van der Waals surface area contributed by atoms with Crippen LogP contribution in [0.25, 0.3) is 0 Å². The number of nitrogens with zero attached hydrogens (tertiary/aromatic N) is 1. The van der Waals surface area contributed by atoms with Crippen LogP contribution in [-0.4, -0.2) is 41.0 Å². The van der Waals surface area contributed by atoms with E-state index in [4.69, 9.17) is 5.73 Å². The van der Waals surface area contributed by atoms with Gasteiger partial charge in [-0.05, 0) is 11.1 Å². The second-order valence-electron chi connectivity index (χ2n) is 4.60. The summed E-state index contributed by atoms with van der Waals surface area (Å²) in [4.78, 5) is 35.2. The molecule has 3 amide bonds. The first-order valence-corrected chi connectivity index (χ1v) is 6.10. The zero-order valence-corrected chi connectivity index (χ0v) is 10.7. The summed E-state index contributed by atoms with van der Waals surface area (Å²) in [5.74, 6) is -2.39. The average Bonchev–Trinajstić information content (AvgIpc) is 2.43. The minimum absolute atomic E-state index is 0.0664. The minimum Gasteiger partial charge on any atom is -0.481 e. The second-order valence-corrected chi connectivity index (χ2v) is 4.60. The van der Waals surface area contributed by atoms with E-state index < -0.39 is 23.8 Å². The highest BCUT2D eigenvalue weighted by molar-refractivity contribution is 5.84. The van der Waals surface area contributed by atoms with Crippen LogP contribution in [0.2, 0.25) is 0 Å². The Labute approximate surface area is 115 Å². The van der Waals surface area contributed by atoms with Crippen molar-refractivity contribution in [3.8, 4) is 0 Å². The number of hydrogen-bond donors (Lipinski definition) is 3. The van der Waals surface area contributed by atoms with Crippen molar-refractivity contribution >= 4 is 17.9 Å². The molecule has 0 saturated carbocycles. The van der Waals surface area contributed by atoms with E-state index in [0.29, 0.717) is 6.54 Å². The van der Waals surface area contributed by atoms with Crippen molar-refractivity contribution in [3.63, 3.8) is 0 Å². The van der Waals surface area contributed by atoms with Crippen LogP contribution in [0.1, 0.15) is 17.0 Å². The summed E-state index contributed by atoms with van der Waals surface area (Å²) in [6, 6.07) is 6.62. The first kappa shape index (κ1) is 13.9. The molecule has 1 aliphatic heterocycles. The molecule has 0 saturated heterocycles. The van der Waals surface area contributed by atoms with Crippen LogP contribution in [0.4, 0.5) is 4.79 Å². The number of carboxylic acids is 1. The molecule has 1 atom stereocenters. The number of fused-ring (bicyclic) bond motifs is 1. The monoisotopic (exact) mass is 277 g/mol. The van der Waals surface area contributed by atoms with Crippen molar-refractivity contribution in [3.05, 3.63) is 35.4 Å². The van der Waals surface area contributed by atoms with Gasteiger partial charge in [-0.15, -0.1) is 0 Å². The first-order valence-electron chi connectivity index (χ1n) is 6.10. The van der Waals surface area contributed by atoms with Gasteiger partial charge in [0.15, 0.2) is 0 Å². The number of nitrogens with one attached hydrogen (secondary N) is 1. The largest absolute Gasteiger partial charge is 0.481 e. The molecule has 1 aliphatic rings. The number of rotatable bonds is 3. The van der Waals surface area contributed by atoms with Crippen molar-refractivity contribution in [2.75, 3.05) is 13.1 Å². The van der Waals surface area contributed by atoms with Crippen LogP contribution in [0.3, 0.4) is 0 Å². The van der Waals surface area contributed by atoms with Gasteiger partial charge in [-0.2, -0.15) is 0 Å². The van der Waals surface area contributed by atoms with E-state index in [1.54, 1.807) is 24.3 Å². The van der Waals surface area contributed by atoms with Gasteiger partial charge in [0.05, 0.1) is 12.5 Å². The summed E-state index contributed by atoms with van der Waals surface area (Å²) < 4.78 is 0. The molecule has 0 fully saturated rings. The number of hydrogen-bond acceptors (Lipinski definition) is 3. The Morgan fingerprint density at radius 1 is 1.35 bits per heavy atom. The standard InChI is InChI=1S/C13H15N3O4/c14-11(17)5-15-13(20)16-6-8-3-1-2-4-9(8)10(7-16)12(18)19/h1-4,10H,5-7H2,(H2,14,17)(H,15,20)(H,18,19). The summed E-state index contributed by atoms with van der Waals surface area (Å²) in [6.45, 7) is 0.107. The molecule has 0 aromatic heterocycles. The molecule has 1 unspecified atom stereocenters. The van der Waals surface area contributed by atoms with Crippen molar-refractivity contribution in [2.45, 2.75) is 12.5 Å². The number of carbonyl (C=O) groups is 3. The predicted octanol–water partition coefficient (Wildman–Crippen LogP) is -0.135. The van der Waals surface area contributed by atoms with Crippen molar-refractivity contribution < 1.29 is 19.5 Å². The summed E-state index contributed by atoms with van der Waals surface area (Å²) in [5.41, 5.74) is 6.47. The van der Waals surface area contributed by atoms with E-state index >= 15 is 0 Å². The highest BCUT2D eigenvalue weighted by Crippen LogP contribution is 2.28. The smallest absolute Gasteiger partial charge is 0.318 e. The Morgan fingerprint density at radius 2 is 2.05 bits per heavy atom. The van der Waals surface area contributed by atoms with Crippen LogP contribution >= 0.6 is 0 Å². The fraction of sp³-hybridized carbons (Fsp3) is 0.308. The Bertz CT molecular complexity index is 558. The number of nitrogens with two attached hydrogens (primary N) is 1. The SMILES string of the molecule is NC(=O)CNC(=O)N1Cc2ccccc2C(C(=O)O)C1. The number of aliphatic carboxylic acids is 1. The van der Waals surface area contributed by atoms with Crippen LogP contribution in [0.5, 0.6) is 0 Å². The maximum atomic E-state index is 11.9. The van der Waals surface area contributed by atoms with Gasteiger partial charge in [0.1, 0.15) is 0 Å². The van der Waals surface area contributed by atoms with E-state index in [1.807, 2.05) is 0 Å². The highest BCUT2D eigenvalue weighted by Gasteiger charge is 2.32. The van der Waals surface area contributed by atoms with Crippen LogP contribution in [0, 0.1) is 0 Å². The van der Waals surface area contributed by atoms with E-state index in [-0.39, 0.29) is 13.1 Å². The molecule has 20 heavy (non-hydrogen) atoms. The maximum absolute atomic E-state index is 11.9. The number of benzene rings is 1. The maximum Gasteiger partial charge on any atom is 0.318 e. The zero-order valence-electron chi connectivity index (χ0n) is 10.7. The first-order chi connectivity index (χ1) is 9.49. The van der Waals surface area contributed by atoms with E-state index in [1.165, 1.54) is 4.90 Å². The van der Waals surface area contributed by atoms with E-state index in [9.17, 15) is 19.5 Å². The van der Waals surface area contributed by atoms with Gasteiger partial charge in [-0.1, -0.05) is 24.3 Å². The van der Waals surface area contributed by atoms with Gasteiger partial charge in [-0.25, -0.2) is 4.79 Å². The van der Waals surface area contributed by atoms with Gasteiger partial charge in [0, 0.05) is 13.1 Å². The molecular weight excluding hydrogens is 262 g/mol. The lowest BCUT2D eigenvalue weighted by Gasteiger charge is -2.32. The molecule has 1 heterocycles. The number of carbonyl (C=O) groups excluding carboxylic acids is 2. The summed E-state index contributed by atoms with van der Waals surface area (Å²) in [6.07, 6.45) is 0. The molecule has 0 radical (unpaired) electrons. The predicted molar refractivity (Wildman–Crippen MR) is 69.8 cm³/mol. The molecule has 0 spiro atoms. The molecular formula is C13H15N3O4. The summed E-state index contributed by atoms with van der Waals surface area (Å²) >= 11 is 0. The third kappa shape index (κ3) is 2.87. The van der Waals surface area contributed by atoms with Gasteiger partial charge >= 0.3 is 12.0 Å². The Kier molecular flexibility index (Phi) is 3.88. The Morgan fingerprint density at radius 3 is 2.70 bits per heavy atom. The Hall–Kier alpha value is -2.57. The van der Waals surface area contributed by atoms with Crippen molar-refractivity contribution in [1.29, 1.82) is 0 Å². The van der Waals surface area contributed by atoms with Crippen LogP contribution in [-0.2, 0) is 16.1 Å². The number of primary amides is 1. The number of carboxylic acid groups (broad SMARTS) is 1. The highest BCUT2D eigenvalue weighted by atomic mass is 16.4. The molecule has 106 valence electrons. The van der Waals surface area contributed by atoms with E-state index in [2.05, 4.69) is 5.32 Å². The van der Waals surface area contributed by atoms with Crippen LogP contribution in [0.15, 0.2) is 24.3 Å². The summed E-state index contributed by atoms with van der Waals surface area (Å²) in [5, 5.41) is 11.6. The molecule has 4 N–H and O–H groups in total. The van der Waals surface area contributed by atoms with Gasteiger partial charge < -0.3 is 21.1 Å². The third-order valence-electron chi connectivity index (χ3n) is 3.19. The molecule has 1 aromatic carbocycles. The molecule has 1 aromatic rings. The zero-order chi connectivity index (χ0) is 14.7. The minimum atomic E-state index is -0.982. The topological polar surface area (TPSA) is 113 Å². The van der Waals surface area contributed by atoms with Gasteiger partial charge in [0.2, 0.25) is 5.91 Å². The molecule has 2 rings (SSSR count). The third-order valence-corrected chi connectivity index (χ3v) is 3.19. The average molecular weight is 277 g/mol. The van der Waals surface area contributed by atoms with E-state index in [0.717, 1.165) is 11.1 Å². The normalized spacial score (nSPS) is 17.2. The molecule has 0 aliphatic carbocycles. The fourth-order valence-corrected chi connectivity index (χ4v) is 2.25. The molecule has 7 heteroatoms. The summed E-state index contributed by atoms with van der Waals surface area (Å²) in [7, 11) is 0. The lowest BCUT2D eigenvalue weighted by atomic mass is 9.90. The second kappa shape index (κ2) is 5.60. The lowest BCUT2D eigenvalue weighted by Crippen LogP contribution is -2.47. The van der Waals surface area contributed by atoms with Crippen molar-refractivity contribution in [1.82, 2.24) is 10.2 Å². The van der Waals surface area contributed by atoms with Gasteiger partial charge in [-0.3, -0.25) is 9.59 Å². The number of urea groups is 1. The van der Waals surface area contributed by atoms with Crippen LogP contribution < -0.4 is 11.1 Å². The molecule has 0 bridgehead atoms. The quantitative estimate of drug-likeness (QED) is 0.714. The Balaban J connectivity index is 2.18. The fourth-order valence-electron chi connectivity index (χ4n) is 2.25.